The summed E-state index contributed by atoms with van der Waals surface area (Å²) in [6.45, 7) is 5.42. The fourth-order valence-electron chi connectivity index (χ4n) is 1.82. The number of anilines is 1. The Kier molecular flexibility index (Phi) is 3.64. The van der Waals surface area contributed by atoms with Gasteiger partial charge in [-0.3, -0.25) is 0 Å². The SMILES string of the molecule is Cc1ccc(NC(=O)NC2CCOC2)cc1C. The van der Waals surface area contributed by atoms with Gasteiger partial charge >= 0.3 is 6.03 Å². The number of hydrogen-bond acceptors (Lipinski definition) is 2. The summed E-state index contributed by atoms with van der Waals surface area (Å²) in [5.41, 5.74) is 3.22. The first-order valence-corrected chi connectivity index (χ1v) is 5.87. The summed E-state index contributed by atoms with van der Waals surface area (Å²) in [4.78, 5) is 11.7. The van der Waals surface area contributed by atoms with Crippen molar-refractivity contribution in [3.8, 4) is 0 Å². The average Bonchev–Trinajstić information content (AvgIpc) is 2.76. The Balaban J connectivity index is 1.90. The van der Waals surface area contributed by atoms with Gasteiger partial charge in [0.2, 0.25) is 0 Å². The molecule has 0 bridgehead atoms. The van der Waals surface area contributed by atoms with Gasteiger partial charge in [0.25, 0.3) is 0 Å². The van der Waals surface area contributed by atoms with Crippen LogP contribution in [-0.2, 0) is 4.74 Å². The van der Waals surface area contributed by atoms with E-state index in [0.29, 0.717) is 6.61 Å². The number of carbonyl (C=O) groups is 1. The maximum absolute atomic E-state index is 11.7. The van der Waals surface area contributed by atoms with Crippen LogP contribution >= 0.6 is 0 Å². The maximum Gasteiger partial charge on any atom is 0.319 e. The highest BCUT2D eigenvalue weighted by Gasteiger charge is 2.17. The van der Waals surface area contributed by atoms with Crippen molar-refractivity contribution in [1.29, 1.82) is 0 Å². The van der Waals surface area contributed by atoms with Crippen LogP contribution in [0.4, 0.5) is 10.5 Å². The summed E-state index contributed by atoms with van der Waals surface area (Å²) in [7, 11) is 0. The first kappa shape index (κ1) is 11.9. The Morgan fingerprint density at radius 2 is 2.18 bits per heavy atom. The number of ether oxygens (including phenoxy) is 1. The van der Waals surface area contributed by atoms with Crippen molar-refractivity contribution in [1.82, 2.24) is 5.32 Å². The molecule has 0 saturated carbocycles. The normalized spacial score (nSPS) is 19.1. The number of hydrogen-bond donors (Lipinski definition) is 2. The van der Waals surface area contributed by atoms with Gasteiger partial charge in [0.1, 0.15) is 0 Å². The van der Waals surface area contributed by atoms with Crippen LogP contribution in [0.1, 0.15) is 17.5 Å². The smallest absolute Gasteiger partial charge is 0.319 e. The number of nitrogens with one attached hydrogen (secondary N) is 2. The first-order valence-electron chi connectivity index (χ1n) is 5.87. The van der Waals surface area contributed by atoms with Crippen LogP contribution in [0, 0.1) is 13.8 Å². The van der Waals surface area contributed by atoms with Crippen molar-refractivity contribution in [2.75, 3.05) is 18.5 Å². The fourth-order valence-corrected chi connectivity index (χ4v) is 1.82. The molecule has 1 aliphatic heterocycles. The largest absolute Gasteiger partial charge is 0.379 e. The van der Waals surface area contributed by atoms with Crippen molar-refractivity contribution in [3.63, 3.8) is 0 Å². The van der Waals surface area contributed by atoms with Gasteiger partial charge in [-0.25, -0.2) is 4.79 Å². The highest BCUT2D eigenvalue weighted by Crippen LogP contribution is 2.14. The molecule has 0 radical (unpaired) electrons. The molecule has 4 nitrogen and oxygen atoms in total. The minimum Gasteiger partial charge on any atom is -0.379 e. The van der Waals surface area contributed by atoms with Gasteiger partial charge in [-0.1, -0.05) is 6.07 Å². The minimum atomic E-state index is -0.163. The number of urea groups is 1. The molecule has 92 valence electrons. The third-order valence-corrected chi connectivity index (χ3v) is 3.03. The van der Waals surface area contributed by atoms with E-state index in [1.165, 1.54) is 11.1 Å². The molecule has 1 aromatic carbocycles. The molecule has 17 heavy (non-hydrogen) atoms. The van der Waals surface area contributed by atoms with Gasteiger partial charge in [-0.15, -0.1) is 0 Å². The topological polar surface area (TPSA) is 50.4 Å². The van der Waals surface area contributed by atoms with E-state index < -0.39 is 0 Å². The molecule has 1 heterocycles. The Bertz CT molecular complexity index is 412. The molecule has 2 N–H and O–H groups in total. The average molecular weight is 234 g/mol. The van der Waals surface area contributed by atoms with Crippen LogP contribution in [0.2, 0.25) is 0 Å². The predicted octanol–water partition coefficient (Wildman–Crippen LogP) is 2.21. The Morgan fingerprint density at radius 3 is 2.82 bits per heavy atom. The van der Waals surface area contributed by atoms with Crippen LogP contribution < -0.4 is 10.6 Å². The van der Waals surface area contributed by atoms with Crippen LogP contribution in [0.5, 0.6) is 0 Å². The first-order chi connectivity index (χ1) is 8.15. The molecule has 0 aliphatic carbocycles. The number of amides is 2. The van der Waals surface area contributed by atoms with Crippen LogP contribution in [0.25, 0.3) is 0 Å². The van der Waals surface area contributed by atoms with E-state index in [0.717, 1.165) is 18.7 Å². The molecule has 1 aliphatic rings. The predicted molar refractivity (Wildman–Crippen MR) is 67.3 cm³/mol. The lowest BCUT2D eigenvalue weighted by atomic mass is 10.1. The lowest BCUT2D eigenvalue weighted by Gasteiger charge is -2.12. The van der Waals surface area contributed by atoms with E-state index >= 15 is 0 Å². The second-order valence-electron chi connectivity index (χ2n) is 4.46. The van der Waals surface area contributed by atoms with E-state index in [-0.39, 0.29) is 12.1 Å². The lowest BCUT2D eigenvalue weighted by molar-refractivity contribution is 0.189. The monoisotopic (exact) mass is 234 g/mol. The summed E-state index contributed by atoms with van der Waals surface area (Å²) in [5.74, 6) is 0. The number of aryl methyl sites for hydroxylation is 2. The van der Waals surface area contributed by atoms with Crippen LogP contribution in [0.3, 0.4) is 0 Å². The Morgan fingerprint density at radius 1 is 1.35 bits per heavy atom. The second kappa shape index (κ2) is 5.19. The highest BCUT2D eigenvalue weighted by atomic mass is 16.5. The molecule has 2 rings (SSSR count). The third-order valence-electron chi connectivity index (χ3n) is 3.03. The van der Waals surface area contributed by atoms with E-state index in [1.807, 2.05) is 25.1 Å². The van der Waals surface area contributed by atoms with E-state index in [4.69, 9.17) is 4.74 Å². The molecule has 1 atom stereocenters. The molecular weight excluding hydrogens is 216 g/mol. The van der Waals surface area contributed by atoms with Gasteiger partial charge in [0, 0.05) is 12.3 Å². The number of rotatable bonds is 2. The van der Waals surface area contributed by atoms with Crippen LogP contribution in [0.15, 0.2) is 18.2 Å². The molecule has 1 fully saturated rings. The standard InChI is InChI=1S/C13H18N2O2/c1-9-3-4-11(7-10(9)2)14-13(16)15-12-5-6-17-8-12/h3-4,7,12H,5-6,8H2,1-2H3,(H2,14,15,16). The zero-order chi connectivity index (χ0) is 12.3. The van der Waals surface area contributed by atoms with Gasteiger partial charge in [0.15, 0.2) is 0 Å². The van der Waals surface area contributed by atoms with E-state index in [1.54, 1.807) is 0 Å². The number of carbonyl (C=O) groups excluding carboxylic acids is 1. The maximum atomic E-state index is 11.7. The Hall–Kier alpha value is -1.55. The summed E-state index contributed by atoms with van der Waals surface area (Å²) in [6.07, 6.45) is 0.889. The zero-order valence-electron chi connectivity index (χ0n) is 10.2. The summed E-state index contributed by atoms with van der Waals surface area (Å²) >= 11 is 0. The number of benzene rings is 1. The van der Waals surface area contributed by atoms with E-state index in [2.05, 4.69) is 17.6 Å². The molecule has 1 saturated heterocycles. The van der Waals surface area contributed by atoms with Crippen molar-refractivity contribution >= 4 is 11.7 Å². The van der Waals surface area contributed by atoms with Gasteiger partial charge in [0.05, 0.1) is 12.6 Å². The van der Waals surface area contributed by atoms with Gasteiger partial charge < -0.3 is 15.4 Å². The zero-order valence-corrected chi connectivity index (χ0v) is 10.2. The summed E-state index contributed by atoms with van der Waals surface area (Å²) in [5, 5.41) is 5.72. The molecule has 0 aromatic heterocycles. The molecule has 1 unspecified atom stereocenters. The molecule has 2 amide bonds. The second-order valence-corrected chi connectivity index (χ2v) is 4.46. The van der Waals surface area contributed by atoms with Crippen molar-refractivity contribution in [2.24, 2.45) is 0 Å². The van der Waals surface area contributed by atoms with Crippen molar-refractivity contribution in [2.45, 2.75) is 26.3 Å². The summed E-state index contributed by atoms with van der Waals surface area (Å²) in [6, 6.07) is 5.86. The van der Waals surface area contributed by atoms with Crippen molar-refractivity contribution in [3.05, 3.63) is 29.3 Å². The Labute approximate surface area is 101 Å². The van der Waals surface area contributed by atoms with Gasteiger partial charge in [-0.05, 0) is 43.5 Å². The molecular formula is C13H18N2O2. The molecule has 0 spiro atoms. The molecule has 1 aromatic rings. The molecule has 4 heteroatoms. The summed E-state index contributed by atoms with van der Waals surface area (Å²) < 4.78 is 5.20. The highest BCUT2D eigenvalue weighted by molar-refractivity contribution is 5.89. The minimum absolute atomic E-state index is 0.140. The quantitative estimate of drug-likeness (QED) is 0.824. The fraction of sp³-hybridized carbons (Fsp3) is 0.462. The van der Waals surface area contributed by atoms with E-state index in [9.17, 15) is 4.79 Å². The van der Waals surface area contributed by atoms with Crippen LogP contribution in [-0.4, -0.2) is 25.3 Å². The van der Waals surface area contributed by atoms with Crippen molar-refractivity contribution < 1.29 is 9.53 Å². The third kappa shape index (κ3) is 3.20. The lowest BCUT2D eigenvalue weighted by Crippen LogP contribution is -2.38. The van der Waals surface area contributed by atoms with Gasteiger partial charge in [-0.2, -0.15) is 0 Å².